The van der Waals surface area contributed by atoms with Crippen molar-refractivity contribution in [3.63, 3.8) is 0 Å². The van der Waals surface area contributed by atoms with Gasteiger partial charge >= 0.3 is 6.03 Å². The summed E-state index contributed by atoms with van der Waals surface area (Å²) in [5.41, 5.74) is 0. The van der Waals surface area contributed by atoms with E-state index in [1.165, 1.54) is 4.88 Å². The van der Waals surface area contributed by atoms with Gasteiger partial charge in [0, 0.05) is 56.0 Å². The lowest BCUT2D eigenvalue weighted by Crippen LogP contribution is -2.53. The predicted octanol–water partition coefficient (Wildman–Crippen LogP) is 1.86. The van der Waals surface area contributed by atoms with Gasteiger partial charge in [0.15, 0.2) is 0 Å². The van der Waals surface area contributed by atoms with Crippen LogP contribution in [0.25, 0.3) is 0 Å². The first kappa shape index (κ1) is 16.0. The molecular formula is C16H23N5OS. The van der Waals surface area contributed by atoms with Crippen LogP contribution in [0.2, 0.25) is 0 Å². The molecule has 6 nitrogen and oxygen atoms in total. The standard InChI is InChI=1S/C16H23N5OS/c1-14(12-21-6-3-5-17-21)18-16(22)20-9-7-19(8-10-20)13-15-4-2-11-23-15/h2-6,11,14H,7-10,12-13H2,1H3,(H,18,22)/t14-/m1/s1. The van der Waals surface area contributed by atoms with Crippen molar-refractivity contribution in [1.29, 1.82) is 0 Å². The van der Waals surface area contributed by atoms with Gasteiger partial charge in [0.05, 0.1) is 6.54 Å². The number of carbonyl (C=O) groups is 1. The molecule has 1 N–H and O–H groups in total. The first-order valence-electron chi connectivity index (χ1n) is 7.98. The van der Waals surface area contributed by atoms with Crippen molar-refractivity contribution >= 4 is 17.4 Å². The minimum atomic E-state index is 0.0282. The van der Waals surface area contributed by atoms with E-state index in [0.717, 1.165) is 32.7 Å². The first-order chi connectivity index (χ1) is 11.2. The minimum Gasteiger partial charge on any atom is -0.334 e. The molecule has 1 aliphatic heterocycles. The quantitative estimate of drug-likeness (QED) is 0.909. The highest BCUT2D eigenvalue weighted by atomic mass is 32.1. The Hall–Kier alpha value is -1.86. The maximum absolute atomic E-state index is 12.3. The van der Waals surface area contributed by atoms with Crippen molar-refractivity contribution in [2.45, 2.75) is 26.1 Å². The number of piperazine rings is 1. The molecule has 0 bridgehead atoms. The molecular weight excluding hydrogens is 310 g/mol. The van der Waals surface area contributed by atoms with Gasteiger partial charge in [-0.25, -0.2) is 4.79 Å². The van der Waals surface area contributed by atoms with Crippen LogP contribution < -0.4 is 5.32 Å². The summed E-state index contributed by atoms with van der Waals surface area (Å²) >= 11 is 1.79. The van der Waals surface area contributed by atoms with E-state index in [1.807, 2.05) is 28.8 Å². The van der Waals surface area contributed by atoms with Gasteiger partial charge in [-0.15, -0.1) is 11.3 Å². The molecule has 3 rings (SSSR count). The number of rotatable bonds is 5. The van der Waals surface area contributed by atoms with Crippen molar-refractivity contribution in [1.82, 2.24) is 24.9 Å². The Balaban J connectivity index is 1.41. The number of nitrogens with zero attached hydrogens (tertiary/aromatic N) is 4. The summed E-state index contributed by atoms with van der Waals surface area (Å²) in [7, 11) is 0. The maximum atomic E-state index is 12.3. The number of carbonyl (C=O) groups excluding carboxylic acids is 1. The molecule has 3 heterocycles. The molecule has 0 radical (unpaired) electrons. The molecule has 2 amide bonds. The lowest BCUT2D eigenvalue weighted by Gasteiger charge is -2.35. The summed E-state index contributed by atoms with van der Waals surface area (Å²) < 4.78 is 1.84. The van der Waals surface area contributed by atoms with Gasteiger partial charge in [-0.3, -0.25) is 9.58 Å². The van der Waals surface area contributed by atoms with Crippen LogP contribution in [0.5, 0.6) is 0 Å². The molecule has 0 spiro atoms. The topological polar surface area (TPSA) is 53.4 Å². The van der Waals surface area contributed by atoms with Crippen LogP contribution in [-0.2, 0) is 13.1 Å². The highest BCUT2D eigenvalue weighted by Gasteiger charge is 2.22. The molecule has 7 heteroatoms. The summed E-state index contributed by atoms with van der Waals surface area (Å²) in [5, 5.41) is 9.34. The molecule has 2 aromatic rings. The molecule has 0 aromatic carbocycles. The van der Waals surface area contributed by atoms with Gasteiger partial charge in [0.25, 0.3) is 0 Å². The highest BCUT2D eigenvalue weighted by molar-refractivity contribution is 7.09. The third kappa shape index (κ3) is 4.56. The Bertz CT molecular complexity index is 590. The zero-order valence-electron chi connectivity index (χ0n) is 13.4. The Labute approximate surface area is 140 Å². The van der Waals surface area contributed by atoms with Gasteiger partial charge in [-0.05, 0) is 24.4 Å². The van der Waals surface area contributed by atoms with Crippen LogP contribution in [0, 0.1) is 0 Å². The average Bonchev–Trinajstić information content (AvgIpc) is 3.21. The van der Waals surface area contributed by atoms with E-state index < -0.39 is 0 Å². The van der Waals surface area contributed by atoms with E-state index in [4.69, 9.17) is 0 Å². The Morgan fingerprint density at radius 1 is 1.35 bits per heavy atom. The summed E-state index contributed by atoms with van der Waals surface area (Å²) in [5.74, 6) is 0. The van der Waals surface area contributed by atoms with E-state index in [0.29, 0.717) is 6.54 Å². The zero-order chi connectivity index (χ0) is 16.1. The number of thiophene rings is 1. The van der Waals surface area contributed by atoms with Crippen molar-refractivity contribution < 1.29 is 4.79 Å². The van der Waals surface area contributed by atoms with Crippen LogP contribution >= 0.6 is 11.3 Å². The Morgan fingerprint density at radius 3 is 2.83 bits per heavy atom. The summed E-state index contributed by atoms with van der Waals surface area (Å²) in [4.78, 5) is 18.0. The fraction of sp³-hybridized carbons (Fsp3) is 0.500. The molecule has 0 saturated carbocycles. The van der Waals surface area contributed by atoms with Gasteiger partial charge in [-0.2, -0.15) is 5.10 Å². The van der Waals surface area contributed by atoms with Crippen LogP contribution in [0.4, 0.5) is 4.79 Å². The van der Waals surface area contributed by atoms with Crippen molar-refractivity contribution in [2.24, 2.45) is 0 Å². The smallest absolute Gasteiger partial charge is 0.317 e. The van der Waals surface area contributed by atoms with E-state index in [1.54, 1.807) is 17.5 Å². The zero-order valence-corrected chi connectivity index (χ0v) is 14.2. The van der Waals surface area contributed by atoms with Gasteiger partial charge in [0.1, 0.15) is 0 Å². The number of aromatic nitrogens is 2. The third-order valence-electron chi connectivity index (χ3n) is 4.01. The number of amides is 2. The number of urea groups is 1. The van der Waals surface area contributed by atoms with E-state index in [2.05, 4.69) is 32.8 Å². The number of hydrogen-bond acceptors (Lipinski definition) is 4. The largest absolute Gasteiger partial charge is 0.334 e. The molecule has 0 aliphatic carbocycles. The third-order valence-corrected chi connectivity index (χ3v) is 4.87. The molecule has 0 unspecified atom stereocenters. The SMILES string of the molecule is C[C@H](Cn1cccn1)NC(=O)N1CCN(Cc2cccs2)CC1. The molecule has 124 valence electrons. The molecule has 1 aliphatic rings. The van der Waals surface area contributed by atoms with Gasteiger partial charge < -0.3 is 10.2 Å². The highest BCUT2D eigenvalue weighted by Crippen LogP contribution is 2.13. The lowest BCUT2D eigenvalue weighted by molar-refractivity contribution is 0.133. The average molecular weight is 333 g/mol. The maximum Gasteiger partial charge on any atom is 0.317 e. The summed E-state index contributed by atoms with van der Waals surface area (Å²) in [6, 6.07) is 6.24. The van der Waals surface area contributed by atoms with Gasteiger partial charge in [-0.1, -0.05) is 6.07 Å². The van der Waals surface area contributed by atoms with E-state index >= 15 is 0 Å². The second-order valence-electron chi connectivity index (χ2n) is 5.92. The molecule has 1 fully saturated rings. The van der Waals surface area contributed by atoms with Crippen LogP contribution in [-0.4, -0.2) is 57.8 Å². The molecule has 23 heavy (non-hydrogen) atoms. The molecule has 2 aromatic heterocycles. The fourth-order valence-corrected chi connectivity index (χ4v) is 3.51. The van der Waals surface area contributed by atoms with Crippen LogP contribution in [0.15, 0.2) is 36.0 Å². The Morgan fingerprint density at radius 2 is 2.17 bits per heavy atom. The molecule has 1 atom stereocenters. The molecule has 1 saturated heterocycles. The first-order valence-corrected chi connectivity index (χ1v) is 8.86. The van der Waals surface area contributed by atoms with Crippen molar-refractivity contribution in [3.8, 4) is 0 Å². The normalized spacial score (nSPS) is 17.2. The van der Waals surface area contributed by atoms with Crippen LogP contribution in [0.3, 0.4) is 0 Å². The van der Waals surface area contributed by atoms with Crippen LogP contribution in [0.1, 0.15) is 11.8 Å². The Kier molecular flexibility index (Phi) is 5.30. The second-order valence-corrected chi connectivity index (χ2v) is 6.95. The second kappa shape index (κ2) is 7.61. The van der Waals surface area contributed by atoms with Crippen molar-refractivity contribution in [2.75, 3.05) is 26.2 Å². The monoisotopic (exact) mass is 333 g/mol. The number of nitrogens with one attached hydrogen (secondary N) is 1. The summed E-state index contributed by atoms with van der Waals surface area (Å²) in [6.45, 7) is 7.11. The van der Waals surface area contributed by atoms with E-state index in [-0.39, 0.29) is 12.1 Å². The lowest BCUT2D eigenvalue weighted by atomic mass is 10.3. The minimum absolute atomic E-state index is 0.0282. The van der Waals surface area contributed by atoms with Crippen molar-refractivity contribution in [3.05, 3.63) is 40.8 Å². The summed E-state index contributed by atoms with van der Waals surface area (Å²) in [6.07, 6.45) is 3.66. The predicted molar refractivity (Wildman–Crippen MR) is 91.4 cm³/mol. The fourth-order valence-electron chi connectivity index (χ4n) is 2.77. The van der Waals surface area contributed by atoms with Gasteiger partial charge in [0.2, 0.25) is 0 Å². The number of hydrogen-bond donors (Lipinski definition) is 1. The van der Waals surface area contributed by atoms with E-state index in [9.17, 15) is 4.79 Å².